The Balaban J connectivity index is 1.45. The van der Waals surface area contributed by atoms with Gasteiger partial charge in [0, 0.05) is 29.4 Å². The number of imidazole rings is 1. The molecule has 0 aliphatic heterocycles. The van der Waals surface area contributed by atoms with Crippen molar-refractivity contribution in [2.45, 2.75) is 12.8 Å². The Kier molecular flexibility index (Phi) is 3.11. The second-order valence-corrected chi connectivity index (χ2v) is 9.73. The molecule has 0 saturated heterocycles. The van der Waals surface area contributed by atoms with Crippen LogP contribution in [0.1, 0.15) is 22.3 Å². The van der Waals surface area contributed by atoms with E-state index in [4.69, 9.17) is 4.98 Å². The van der Waals surface area contributed by atoms with Crippen LogP contribution in [0.2, 0.25) is 0 Å². The highest BCUT2D eigenvalue weighted by molar-refractivity contribution is 6.15. The number of hydrogen-bond donors (Lipinski definition) is 0. The molecule has 0 N–H and O–H groups in total. The van der Waals surface area contributed by atoms with Crippen LogP contribution < -0.4 is 0 Å². The largest absolute Gasteiger partial charge is 0.290 e. The maximum absolute atomic E-state index is 5.09. The van der Waals surface area contributed by atoms with Gasteiger partial charge in [-0.25, -0.2) is 4.98 Å². The van der Waals surface area contributed by atoms with Crippen LogP contribution in [0.4, 0.5) is 0 Å². The molecule has 0 unspecified atom stereocenters. The molecule has 0 bridgehead atoms. The summed E-state index contributed by atoms with van der Waals surface area (Å²) in [5.74, 6) is 0. The van der Waals surface area contributed by atoms with E-state index in [1.54, 1.807) is 0 Å². The van der Waals surface area contributed by atoms with Gasteiger partial charge in [-0.1, -0.05) is 36.4 Å². The van der Waals surface area contributed by atoms with Crippen LogP contribution in [0, 0.1) is 0 Å². The molecular weight excluding hydrogens is 428 g/mol. The van der Waals surface area contributed by atoms with Crippen LogP contribution >= 0.6 is 0 Å². The molecule has 0 fully saturated rings. The van der Waals surface area contributed by atoms with Gasteiger partial charge in [0.1, 0.15) is 5.65 Å². The predicted octanol–water partition coefficient (Wildman–Crippen LogP) is 6.73. The molecule has 9 rings (SSSR count). The standard InChI is InChI=1S/C31H18N4/c1-2-4-21-17(3-1)11-18-5-6-19-12-20-13-23-24(14-22(20)30(19)29(18)21)31-34-26-7-9-33-16-28(26)35(31)27-8-10-32-15-25(23)27/h1-10,13-16H,11-12H2. The third-order valence-corrected chi connectivity index (χ3v) is 7.97. The van der Waals surface area contributed by atoms with E-state index < -0.39 is 0 Å². The summed E-state index contributed by atoms with van der Waals surface area (Å²) in [6.45, 7) is 0. The first-order chi connectivity index (χ1) is 17.3. The molecule has 0 amide bonds. The Hall–Kier alpha value is -4.57. The van der Waals surface area contributed by atoms with Gasteiger partial charge in [-0.05, 0) is 87.0 Å². The molecule has 0 radical (unpaired) electrons. The van der Waals surface area contributed by atoms with Crippen molar-refractivity contribution in [3.8, 4) is 22.3 Å². The lowest BCUT2D eigenvalue weighted by atomic mass is 9.92. The molecule has 7 aromatic rings. The van der Waals surface area contributed by atoms with E-state index in [9.17, 15) is 0 Å². The molecule has 2 aliphatic rings. The monoisotopic (exact) mass is 446 g/mol. The molecule has 4 heteroatoms. The predicted molar refractivity (Wildman–Crippen MR) is 140 cm³/mol. The lowest BCUT2D eigenvalue weighted by Gasteiger charge is -2.13. The minimum absolute atomic E-state index is 0.960. The highest BCUT2D eigenvalue weighted by Crippen LogP contribution is 2.50. The maximum Gasteiger partial charge on any atom is 0.146 e. The molecule has 162 valence electrons. The van der Waals surface area contributed by atoms with Crippen LogP contribution in [0.25, 0.3) is 60.6 Å². The van der Waals surface area contributed by atoms with Crippen molar-refractivity contribution in [3.63, 3.8) is 0 Å². The first-order valence-corrected chi connectivity index (χ1v) is 12.0. The summed E-state index contributed by atoms with van der Waals surface area (Å²) in [6, 6.07) is 22.4. The Bertz CT molecular complexity index is 2070. The van der Waals surface area contributed by atoms with Gasteiger partial charge in [-0.3, -0.25) is 14.4 Å². The van der Waals surface area contributed by atoms with Crippen LogP contribution in [0.15, 0.2) is 85.5 Å². The van der Waals surface area contributed by atoms with Crippen molar-refractivity contribution in [1.82, 2.24) is 19.4 Å². The second kappa shape index (κ2) is 6.10. The van der Waals surface area contributed by atoms with E-state index in [0.29, 0.717) is 0 Å². The first kappa shape index (κ1) is 17.8. The summed E-state index contributed by atoms with van der Waals surface area (Å²) in [5, 5.41) is 3.53. The second-order valence-electron chi connectivity index (χ2n) is 9.73. The molecule has 3 aromatic carbocycles. The van der Waals surface area contributed by atoms with E-state index in [1.807, 2.05) is 30.9 Å². The van der Waals surface area contributed by atoms with E-state index in [2.05, 4.69) is 69.0 Å². The third-order valence-electron chi connectivity index (χ3n) is 7.97. The summed E-state index contributed by atoms with van der Waals surface area (Å²) >= 11 is 0. The molecule has 4 aromatic heterocycles. The number of pyridine rings is 3. The Morgan fingerprint density at radius 1 is 0.600 bits per heavy atom. The van der Waals surface area contributed by atoms with Crippen LogP contribution in [0.5, 0.6) is 0 Å². The lowest BCUT2D eigenvalue weighted by Crippen LogP contribution is -1.94. The van der Waals surface area contributed by atoms with Crippen LogP contribution in [-0.2, 0) is 12.8 Å². The zero-order valence-electron chi connectivity index (χ0n) is 18.8. The molecule has 4 nitrogen and oxygen atoms in total. The van der Waals surface area contributed by atoms with Crippen LogP contribution in [0.3, 0.4) is 0 Å². The van der Waals surface area contributed by atoms with Crippen molar-refractivity contribution in [2.24, 2.45) is 0 Å². The summed E-state index contributed by atoms with van der Waals surface area (Å²) in [4.78, 5) is 14.0. The number of nitrogens with zero attached hydrogens (tertiary/aromatic N) is 4. The fourth-order valence-corrected chi connectivity index (χ4v) is 6.50. The third kappa shape index (κ3) is 2.15. The molecule has 0 saturated carbocycles. The minimum atomic E-state index is 0.960. The summed E-state index contributed by atoms with van der Waals surface area (Å²) in [5.41, 5.74) is 15.3. The molecule has 2 aliphatic carbocycles. The van der Waals surface area contributed by atoms with Gasteiger partial charge in [-0.15, -0.1) is 0 Å². The molecule has 4 heterocycles. The van der Waals surface area contributed by atoms with Gasteiger partial charge >= 0.3 is 0 Å². The fraction of sp³-hybridized carbons (Fsp3) is 0.0645. The zero-order chi connectivity index (χ0) is 22.7. The number of benzene rings is 3. The summed E-state index contributed by atoms with van der Waals surface area (Å²) < 4.78 is 2.24. The van der Waals surface area contributed by atoms with Crippen molar-refractivity contribution in [2.75, 3.05) is 0 Å². The van der Waals surface area contributed by atoms with Gasteiger partial charge < -0.3 is 0 Å². The summed E-state index contributed by atoms with van der Waals surface area (Å²) in [6.07, 6.45) is 9.55. The van der Waals surface area contributed by atoms with Gasteiger partial charge in [0.2, 0.25) is 0 Å². The Morgan fingerprint density at radius 3 is 2.34 bits per heavy atom. The highest BCUT2D eigenvalue weighted by atomic mass is 15.0. The van der Waals surface area contributed by atoms with Crippen molar-refractivity contribution >= 4 is 38.4 Å². The van der Waals surface area contributed by atoms with Crippen LogP contribution in [-0.4, -0.2) is 19.4 Å². The topological polar surface area (TPSA) is 43.1 Å². The van der Waals surface area contributed by atoms with E-state index in [-0.39, 0.29) is 0 Å². The smallest absolute Gasteiger partial charge is 0.146 e. The number of rotatable bonds is 0. The highest BCUT2D eigenvalue weighted by Gasteiger charge is 2.29. The molecular formula is C31H18N4. The van der Waals surface area contributed by atoms with E-state index in [0.717, 1.165) is 45.8 Å². The molecule has 0 atom stereocenters. The normalized spacial score (nSPS) is 13.5. The minimum Gasteiger partial charge on any atom is -0.290 e. The van der Waals surface area contributed by atoms with Crippen molar-refractivity contribution in [1.29, 1.82) is 0 Å². The lowest BCUT2D eigenvalue weighted by molar-refractivity contribution is 1.23. The SMILES string of the molecule is c1ccc2c(c1)Cc1ccc3c(c1-2)-c1cc2c(cc1C3)c1cnccc1n1c3cnccc3nc21. The first-order valence-electron chi connectivity index (χ1n) is 12.0. The summed E-state index contributed by atoms with van der Waals surface area (Å²) in [7, 11) is 0. The van der Waals surface area contributed by atoms with Crippen molar-refractivity contribution < 1.29 is 0 Å². The molecule has 0 spiro atoms. The van der Waals surface area contributed by atoms with Gasteiger partial charge in [0.15, 0.2) is 0 Å². The number of hydrogen-bond acceptors (Lipinski definition) is 3. The maximum atomic E-state index is 5.09. The van der Waals surface area contributed by atoms with Gasteiger partial charge in [-0.2, -0.15) is 0 Å². The average molecular weight is 447 g/mol. The zero-order valence-corrected chi connectivity index (χ0v) is 18.8. The Morgan fingerprint density at radius 2 is 1.40 bits per heavy atom. The van der Waals surface area contributed by atoms with E-state index in [1.165, 1.54) is 49.9 Å². The fourth-order valence-electron chi connectivity index (χ4n) is 6.50. The Labute approximate surface area is 200 Å². The average Bonchev–Trinajstić information content (AvgIpc) is 3.58. The number of fused-ring (bicyclic) bond motifs is 15. The van der Waals surface area contributed by atoms with E-state index >= 15 is 0 Å². The van der Waals surface area contributed by atoms with Crippen molar-refractivity contribution in [3.05, 3.63) is 108 Å². The van der Waals surface area contributed by atoms with Gasteiger partial charge in [0.25, 0.3) is 0 Å². The molecule has 35 heavy (non-hydrogen) atoms. The number of aromatic nitrogens is 4. The quantitative estimate of drug-likeness (QED) is 0.243. The van der Waals surface area contributed by atoms with Gasteiger partial charge in [0.05, 0.1) is 22.7 Å².